The maximum absolute atomic E-state index is 11.1. The monoisotopic (exact) mass is 356 g/mol. The fourth-order valence-corrected chi connectivity index (χ4v) is 3.26. The number of carboxylic acids is 1. The van der Waals surface area contributed by atoms with Gasteiger partial charge in [-0.05, 0) is 37.1 Å². The number of para-hydroxylation sites is 1. The molecule has 130 valence electrons. The summed E-state index contributed by atoms with van der Waals surface area (Å²) in [4.78, 5) is 11.1. The summed E-state index contributed by atoms with van der Waals surface area (Å²) in [7, 11) is 0. The van der Waals surface area contributed by atoms with E-state index in [0.29, 0.717) is 13.1 Å². The molecule has 2 N–H and O–H groups in total. The second-order valence-electron chi connectivity index (χ2n) is 6.20. The minimum absolute atomic E-state index is 0.509. The van der Waals surface area contributed by atoms with E-state index in [0.717, 1.165) is 32.7 Å². The third-order valence-electron chi connectivity index (χ3n) is 4.60. The summed E-state index contributed by atoms with van der Waals surface area (Å²) < 4.78 is 2.24. The van der Waals surface area contributed by atoms with Crippen LogP contribution < -0.4 is 5.32 Å². The highest BCUT2D eigenvalue weighted by molar-refractivity contribution is 6.31. The highest BCUT2D eigenvalue weighted by Crippen LogP contribution is 2.28. The summed E-state index contributed by atoms with van der Waals surface area (Å²) in [6, 6.07) is 15.4. The number of nitrogens with one attached hydrogen (secondary N) is 1. The van der Waals surface area contributed by atoms with E-state index in [2.05, 4.69) is 28.9 Å². The van der Waals surface area contributed by atoms with Gasteiger partial charge < -0.3 is 15.0 Å². The first kappa shape index (κ1) is 17.5. The molecule has 0 bridgehead atoms. The smallest absolute Gasteiger partial charge is 0.320 e. The van der Waals surface area contributed by atoms with Crippen LogP contribution in [0.2, 0.25) is 5.02 Å². The Hall–Kier alpha value is -2.30. The lowest BCUT2D eigenvalue weighted by molar-refractivity contribution is -0.139. The minimum Gasteiger partial charge on any atom is -0.480 e. The molecule has 0 radical (unpaired) electrons. The number of nitrogens with zero attached hydrogens (tertiary/aromatic N) is 1. The number of halogens is 1. The Labute approximate surface area is 152 Å². The molecule has 1 atom stereocenters. The van der Waals surface area contributed by atoms with Gasteiger partial charge in [-0.3, -0.25) is 4.79 Å². The van der Waals surface area contributed by atoms with Crippen molar-refractivity contribution >= 4 is 28.5 Å². The summed E-state index contributed by atoms with van der Waals surface area (Å²) in [6.45, 7) is 4.91. The number of aromatic nitrogens is 1. The fraction of sp³-hybridized carbons (Fsp3) is 0.250. The van der Waals surface area contributed by atoms with Crippen LogP contribution >= 0.6 is 11.6 Å². The molecule has 0 saturated heterocycles. The molecule has 1 heterocycles. The Balaban J connectivity index is 2.00. The molecular weight excluding hydrogens is 336 g/mol. The van der Waals surface area contributed by atoms with Crippen molar-refractivity contribution in [1.82, 2.24) is 9.88 Å². The zero-order valence-corrected chi connectivity index (χ0v) is 15.0. The molecule has 0 fully saturated rings. The highest BCUT2D eigenvalue weighted by atomic mass is 35.5. The standard InChI is InChI=1S/C20H21ClN2O2/c1-13(20(24)25)22-11-17-14(2)23(19-10-6-4-8-16(17)19)12-15-7-3-5-9-18(15)21/h3-10,13,22H,11-12H2,1-2H3,(H,24,25). The predicted molar refractivity (Wildman–Crippen MR) is 101 cm³/mol. The molecule has 0 aliphatic heterocycles. The van der Waals surface area contributed by atoms with E-state index < -0.39 is 12.0 Å². The van der Waals surface area contributed by atoms with Crippen molar-refractivity contribution < 1.29 is 9.90 Å². The van der Waals surface area contributed by atoms with Gasteiger partial charge in [-0.2, -0.15) is 0 Å². The van der Waals surface area contributed by atoms with Gasteiger partial charge in [-0.15, -0.1) is 0 Å². The lowest BCUT2D eigenvalue weighted by Crippen LogP contribution is -2.33. The van der Waals surface area contributed by atoms with Crippen molar-refractivity contribution in [2.75, 3.05) is 0 Å². The zero-order chi connectivity index (χ0) is 18.0. The maximum atomic E-state index is 11.1. The first-order valence-electron chi connectivity index (χ1n) is 8.25. The van der Waals surface area contributed by atoms with Crippen LogP contribution in [0.1, 0.15) is 23.7 Å². The number of hydrogen-bond acceptors (Lipinski definition) is 2. The van der Waals surface area contributed by atoms with Gasteiger partial charge in [0.1, 0.15) is 6.04 Å². The molecule has 0 amide bonds. The van der Waals surface area contributed by atoms with Gasteiger partial charge in [-0.25, -0.2) is 0 Å². The van der Waals surface area contributed by atoms with E-state index in [1.807, 2.05) is 36.4 Å². The SMILES string of the molecule is Cc1c(CNC(C)C(=O)O)c2ccccc2n1Cc1ccccc1Cl. The molecule has 2 aromatic carbocycles. The van der Waals surface area contributed by atoms with Crippen molar-refractivity contribution in [2.24, 2.45) is 0 Å². The maximum Gasteiger partial charge on any atom is 0.320 e. The first-order chi connectivity index (χ1) is 12.0. The van der Waals surface area contributed by atoms with Gasteiger partial charge in [0.15, 0.2) is 0 Å². The second-order valence-corrected chi connectivity index (χ2v) is 6.61. The summed E-state index contributed by atoms with van der Waals surface area (Å²) >= 11 is 6.33. The quantitative estimate of drug-likeness (QED) is 0.695. The van der Waals surface area contributed by atoms with E-state index in [9.17, 15) is 4.79 Å². The van der Waals surface area contributed by atoms with Gasteiger partial charge >= 0.3 is 5.97 Å². The lowest BCUT2D eigenvalue weighted by atomic mass is 10.1. The summed E-state index contributed by atoms with van der Waals surface area (Å²) in [6.07, 6.45) is 0. The Bertz CT molecular complexity index is 917. The molecule has 0 aliphatic rings. The van der Waals surface area contributed by atoms with Crippen molar-refractivity contribution in [3.8, 4) is 0 Å². The highest BCUT2D eigenvalue weighted by Gasteiger charge is 2.17. The Morgan fingerprint density at radius 1 is 1.20 bits per heavy atom. The van der Waals surface area contributed by atoms with Crippen LogP contribution in [-0.4, -0.2) is 21.7 Å². The number of carbonyl (C=O) groups is 1. The molecule has 0 saturated carbocycles. The van der Waals surface area contributed by atoms with E-state index in [1.165, 1.54) is 0 Å². The van der Waals surface area contributed by atoms with E-state index >= 15 is 0 Å². The van der Waals surface area contributed by atoms with Crippen molar-refractivity contribution in [2.45, 2.75) is 33.0 Å². The summed E-state index contributed by atoms with van der Waals surface area (Å²) in [5.74, 6) is -0.850. The topological polar surface area (TPSA) is 54.3 Å². The number of aliphatic carboxylic acids is 1. The first-order valence-corrected chi connectivity index (χ1v) is 8.63. The van der Waals surface area contributed by atoms with E-state index in [4.69, 9.17) is 16.7 Å². The molecule has 3 rings (SSSR count). The van der Waals surface area contributed by atoms with Crippen LogP contribution in [0.15, 0.2) is 48.5 Å². The van der Waals surface area contributed by atoms with Crippen molar-refractivity contribution in [3.63, 3.8) is 0 Å². The minimum atomic E-state index is -0.850. The van der Waals surface area contributed by atoms with Crippen LogP contribution in [0.4, 0.5) is 0 Å². The molecule has 25 heavy (non-hydrogen) atoms. The molecule has 3 aromatic rings. The molecule has 1 unspecified atom stereocenters. The summed E-state index contributed by atoms with van der Waals surface area (Å²) in [5, 5.41) is 14.1. The largest absolute Gasteiger partial charge is 0.480 e. The van der Waals surface area contributed by atoms with Crippen molar-refractivity contribution in [1.29, 1.82) is 0 Å². The third kappa shape index (κ3) is 3.55. The molecular formula is C20H21ClN2O2. The summed E-state index contributed by atoms with van der Waals surface area (Å²) in [5.41, 5.74) is 4.42. The van der Waals surface area contributed by atoms with Crippen LogP contribution in [0.3, 0.4) is 0 Å². The van der Waals surface area contributed by atoms with Gasteiger partial charge in [0.2, 0.25) is 0 Å². The van der Waals surface area contributed by atoms with Crippen LogP contribution in [0.25, 0.3) is 10.9 Å². The molecule has 5 heteroatoms. The zero-order valence-electron chi connectivity index (χ0n) is 14.3. The van der Waals surface area contributed by atoms with E-state index in [1.54, 1.807) is 6.92 Å². The molecule has 1 aromatic heterocycles. The second kappa shape index (κ2) is 7.30. The van der Waals surface area contributed by atoms with Gasteiger partial charge in [0.05, 0.1) is 0 Å². The predicted octanol–water partition coefficient (Wildman–Crippen LogP) is 4.21. The van der Waals surface area contributed by atoms with Crippen molar-refractivity contribution in [3.05, 3.63) is 70.4 Å². The average molecular weight is 357 g/mol. The van der Waals surface area contributed by atoms with Crippen LogP contribution in [0.5, 0.6) is 0 Å². The Morgan fingerprint density at radius 3 is 2.60 bits per heavy atom. The van der Waals surface area contributed by atoms with Gasteiger partial charge in [0, 0.05) is 34.7 Å². The average Bonchev–Trinajstić information content (AvgIpc) is 2.86. The lowest BCUT2D eigenvalue weighted by Gasteiger charge is -2.12. The van der Waals surface area contributed by atoms with Crippen LogP contribution in [-0.2, 0) is 17.9 Å². The van der Waals surface area contributed by atoms with E-state index in [-0.39, 0.29) is 0 Å². The number of fused-ring (bicyclic) bond motifs is 1. The molecule has 0 spiro atoms. The van der Waals surface area contributed by atoms with Gasteiger partial charge in [0.25, 0.3) is 0 Å². The van der Waals surface area contributed by atoms with Crippen LogP contribution in [0, 0.1) is 6.92 Å². The number of rotatable bonds is 6. The Kier molecular flexibility index (Phi) is 5.11. The number of benzene rings is 2. The van der Waals surface area contributed by atoms with Gasteiger partial charge in [-0.1, -0.05) is 48.0 Å². The normalized spacial score (nSPS) is 12.4. The third-order valence-corrected chi connectivity index (χ3v) is 4.97. The fourth-order valence-electron chi connectivity index (χ4n) is 3.07. The number of hydrogen-bond donors (Lipinski definition) is 2. The molecule has 4 nitrogen and oxygen atoms in total. The Morgan fingerprint density at radius 2 is 1.88 bits per heavy atom. The number of carboxylic acid groups (broad SMARTS) is 1. The molecule has 0 aliphatic carbocycles.